The van der Waals surface area contributed by atoms with Crippen molar-refractivity contribution >= 4 is 0 Å². The normalized spacial score (nSPS) is 17.1. The fourth-order valence-corrected chi connectivity index (χ4v) is 1.48. The molecule has 2 N–H and O–H groups in total. The highest BCUT2D eigenvalue weighted by Crippen LogP contribution is 2.14. The molecule has 0 aliphatic rings. The van der Waals surface area contributed by atoms with Crippen LogP contribution >= 0.6 is 0 Å². The molecule has 2 heteroatoms. The van der Waals surface area contributed by atoms with Crippen molar-refractivity contribution in [3.05, 3.63) is 35.4 Å². The minimum atomic E-state index is -0.321. The van der Waals surface area contributed by atoms with Crippen LogP contribution in [-0.2, 0) is 0 Å². The number of nitrogens with one attached hydrogen (secondary N) is 1. The van der Waals surface area contributed by atoms with Gasteiger partial charge < -0.3 is 10.4 Å². The van der Waals surface area contributed by atoms with Crippen molar-refractivity contribution in [2.75, 3.05) is 0 Å². The summed E-state index contributed by atoms with van der Waals surface area (Å²) in [4.78, 5) is 0. The molecule has 0 aromatic heterocycles. The first-order valence-electron chi connectivity index (χ1n) is 5.51. The van der Waals surface area contributed by atoms with Crippen LogP contribution in [-0.4, -0.2) is 17.3 Å². The van der Waals surface area contributed by atoms with E-state index in [-0.39, 0.29) is 18.2 Å². The van der Waals surface area contributed by atoms with Crippen molar-refractivity contribution in [3.8, 4) is 0 Å². The van der Waals surface area contributed by atoms with E-state index >= 15 is 0 Å². The first kappa shape index (κ1) is 12.2. The van der Waals surface area contributed by atoms with Crippen LogP contribution in [0.3, 0.4) is 0 Å². The lowest BCUT2D eigenvalue weighted by Gasteiger charge is -2.22. The van der Waals surface area contributed by atoms with E-state index in [1.807, 2.05) is 6.92 Å². The number of aliphatic hydroxyl groups is 1. The Labute approximate surface area is 92.3 Å². The predicted molar refractivity (Wildman–Crippen MR) is 63.9 cm³/mol. The zero-order chi connectivity index (χ0) is 11.4. The quantitative estimate of drug-likeness (QED) is 0.794. The summed E-state index contributed by atoms with van der Waals surface area (Å²) in [6.45, 7) is 8.00. The molecule has 0 fully saturated rings. The standard InChI is InChI=1S/C13H21NO/c1-9-5-7-13(8-6-9)11(3)14-10(2)12(4)15/h5-8,10-12,14-15H,1-4H3. The van der Waals surface area contributed by atoms with Gasteiger partial charge in [-0.25, -0.2) is 0 Å². The van der Waals surface area contributed by atoms with Gasteiger partial charge in [0.2, 0.25) is 0 Å². The van der Waals surface area contributed by atoms with Gasteiger partial charge in [0.1, 0.15) is 0 Å². The molecule has 0 saturated heterocycles. The van der Waals surface area contributed by atoms with Gasteiger partial charge in [-0.1, -0.05) is 29.8 Å². The summed E-state index contributed by atoms with van der Waals surface area (Å²) < 4.78 is 0. The minimum absolute atomic E-state index is 0.112. The fourth-order valence-electron chi connectivity index (χ4n) is 1.48. The van der Waals surface area contributed by atoms with E-state index in [4.69, 9.17) is 0 Å². The van der Waals surface area contributed by atoms with Crippen LogP contribution in [0.2, 0.25) is 0 Å². The van der Waals surface area contributed by atoms with Crippen molar-refractivity contribution in [3.63, 3.8) is 0 Å². The van der Waals surface area contributed by atoms with Gasteiger partial charge in [0.15, 0.2) is 0 Å². The number of hydrogen-bond acceptors (Lipinski definition) is 2. The lowest BCUT2D eigenvalue weighted by molar-refractivity contribution is 0.147. The van der Waals surface area contributed by atoms with Crippen LogP contribution in [0.15, 0.2) is 24.3 Å². The van der Waals surface area contributed by atoms with Gasteiger partial charge in [-0.15, -0.1) is 0 Å². The van der Waals surface area contributed by atoms with Crippen molar-refractivity contribution in [2.24, 2.45) is 0 Å². The van der Waals surface area contributed by atoms with E-state index in [1.54, 1.807) is 6.92 Å². The summed E-state index contributed by atoms with van der Waals surface area (Å²) >= 11 is 0. The molecule has 0 spiro atoms. The molecule has 0 bridgehead atoms. The molecule has 0 radical (unpaired) electrons. The molecule has 0 saturated carbocycles. The lowest BCUT2D eigenvalue weighted by Crippen LogP contribution is -2.37. The maximum Gasteiger partial charge on any atom is 0.0662 e. The van der Waals surface area contributed by atoms with E-state index < -0.39 is 0 Å². The third-order valence-corrected chi connectivity index (χ3v) is 2.81. The van der Waals surface area contributed by atoms with Gasteiger partial charge in [-0.05, 0) is 33.3 Å². The average Bonchev–Trinajstić information content (AvgIpc) is 2.18. The SMILES string of the molecule is Cc1ccc(C(C)NC(C)C(C)O)cc1. The highest BCUT2D eigenvalue weighted by Gasteiger charge is 2.12. The van der Waals surface area contributed by atoms with Crippen LogP contribution in [0, 0.1) is 6.92 Å². The monoisotopic (exact) mass is 207 g/mol. The number of rotatable bonds is 4. The molecule has 15 heavy (non-hydrogen) atoms. The predicted octanol–water partition coefficient (Wildman–Crippen LogP) is 2.41. The summed E-state index contributed by atoms with van der Waals surface area (Å²) in [5.74, 6) is 0. The number of benzene rings is 1. The Balaban J connectivity index is 2.61. The summed E-state index contributed by atoms with van der Waals surface area (Å²) in [5, 5.41) is 12.8. The highest BCUT2D eigenvalue weighted by molar-refractivity contribution is 5.23. The summed E-state index contributed by atoms with van der Waals surface area (Å²) in [5.41, 5.74) is 2.53. The minimum Gasteiger partial charge on any atom is -0.392 e. The topological polar surface area (TPSA) is 32.3 Å². The molecule has 1 rings (SSSR count). The fraction of sp³-hybridized carbons (Fsp3) is 0.538. The van der Waals surface area contributed by atoms with Gasteiger partial charge in [0.05, 0.1) is 6.10 Å². The third-order valence-electron chi connectivity index (χ3n) is 2.81. The van der Waals surface area contributed by atoms with Crippen LogP contribution in [0.1, 0.15) is 37.9 Å². The summed E-state index contributed by atoms with van der Waals surface area (Å²) in [6.07, 6.45) is -0.321. The molecule has 0 heterocycles. The molecule has 3 unspecified atom stereocenters. The first-order valence-corrected chi connectivity index (χ1v) is 5.51. The van der Waals surface area contributed by atoms with E-state index in [0.29, 0.717) is 0 Å². The Hall–Kier alpha value is -0.860. The molecule has 0 amide bonds. The second-order valence-electron chi connectivity index (χ2n) is 4.33. The molecular weight excluding hydrogens is 186 g/mol. The number of aliphatic hydroxyl groups excluding tert-OH is 1. The highest BCUT2D eigenvalue weighted by atomic mass is 16.3. The van der Waals surface area contributed by atoms with Crippen LogP contribution in [0.25, 0.3) is 0 Å². The third kappa shape index (κ3) is 3.65. The van der Waals surface area contributed by atoms with Crippen LogP contribution < -0.4 is 5.32 Å². The molecule has 1 aromatic carbocycles. The Kier molecular flexibility index (Phi) is 4.30. The van der Waals surface area contributed by atoms with Crippen molar-refractivity contribution in [1.29, 1.82) is 0 Å². The van der Waals surface area contributed by atoms with Crippen LogP contribution in [0.5, 0.6) is 0 Å². The van der Waals surface area contributed by atoms with Crippen LogP contribution in [0.4, 0.5) is 0 Å². The Morgan fingerprint density at radius 1 is 1.07 bits per heavy atom. The van der Waals surface area contributed by atoms with Gasteiger partial charge in [0.25, 0.3) is 0 Å². The first-order chi connectivity index (χ1) is 7.00. The molecular formula is C13H21NO. The smallest absolute Gasteiger partial charge is 0.0662 e. The maximum atomic E-state index is 9.40. The largest absolute Gasteiger partial charge is 0.392 e. The molecule has 0 aliphatic carbocycles. The molecule has 2 nitrogen and oxygen atoms in total. The Morgan fingerprint density at radius 2 is 1.60 bits per heavy atom. The van der Waals surface area contributed by atoms with E-state index in [1.165, 1.54) is 11.1 Å². The zero-order valence-electron chi connectivity index (χ0n) is 9.99. The number of aryl methyl sites for hydroxylation is 1. The Morgan fingerprint density at radius 3 is 2.07 bits per heavy atom. The second-order valence-corrected chi connectivity index (χ2v) is 4.33. The maximum absolute atomic E-state index is 9.40. The molecule has 1 aromatic rings. The summed E-state index contributed by atoms with van der Waals surface area (Å²) in [7, 11) is 0. The Bertz CT molecular complexity index is 292. The van der Waals surface area contributed by atoms with E-state index in [0.717, 1.165) is 0 Å². The second kappa shape index (κ2) is 5.29. The van der Waals surface area contributed by atoms with E-state index in [2.05, 4.69) is 43.4 Å². The number of hydrogen-bond donors (Lipinski definition) is 2. The van der Waals surface area contributed by atoms with Gasteiger partial charge >= 0.3 is 0 Å². The molecule has 84 valence electrons. The van der Waals surface area contributed by atoms with Crippen molar-refractivity contribution in [1.82, 2.24) is 5.32 Å². The summed E-state index contributed by atoms with van der Waals surface area (Å²) in [6, 6.07) is 8.86. The van der Waals surface area contributed by atoms with Gasteiger partial charge in [-0.3, -0.25) is 0 Å². The van der Waals surface area contributed by atoms with Gasteiger partial charge in [0, 0.05) is 12.1 Å². The van der Waals surface area contributed by atoms with Crippen molar-refractivity contribution in [2.45, 2.75) is 45.9 Å². The van der Waals surface area contributed by atoms with Crippen molar-refractivity contribution < 1.29 is 5.11 Å². The zero-order valence-corrected chi connectivity index (χ0v) is 9.99. The molecule has 3 atom stereocenters. The van der Waals surface area contributed by atoms with E-state index in [9.17, 15) is 5.11 Å². The average molecular weight is 207 g/mol. The lowest BCUT2D eigenvalue weighted by atomic mass is 10.1. The molecule has 0 aliphatic heterocycles. The van der Waals surface area contributed by atoms with Gasteiger partial charge in [-0.2, -0.15) is 0 Å².